The summed E-state index contributed by atoms with van der Waals surface area (Å²) in [6, 6.07) is 6.19. The van der Waals surface area contributed by atoms with Gasteiger partial charge in [0.05, 0.1) is 6.61 Å². The fourth-order valence-corrected chi connectivity index (χ4v) is 1.73. The van der Waals surface area contributed by atoms with Crippen molar-refractivity contribution in [1.82, 2.24) is 0 Å². The molecule has 0 spiro atoms. The summed E-state index contributed by atoms with van der Waals surface area (Å²) in [7, 11) is 0. The van der Waals surface area contributed by atoms with Gasteiger partial charge in [0.15, 0.2) is 0 Å². The smallest absolute Gasteiger partial charge is 0.119 e. The Kier molecular flexibility index (Phi) is 5.29. The Bertz CT molecular complexity index is 322. The second-order valence-corrected chi connectivity index (χ2v) is 4.06. The van der Waals surface area contributed by atoms with Crippen LogP contribution in [0.2, 0.25) is 0 Å². The van der Waals surface area contributed by atoms with Gasteiger partial charge in [-0.05, 0) is 62.5 Å². The van der Waals surface area contributed by atoms with Crippen LogP contribution >= 0.6 is 0 Å². The lowest BCUT2D eigenvalue weighted by atomic mass is 9.96. The third-order valence-electron chi connectivity index (χ3n) is 2.80. The molecule has 0 aliphatic rings. The van der Waals surface area contributed by atoms with E-state index < -0.39 is 0 Å². The molecule has 0 heterocycles. The molecule has 0 aromatic heterocycles. The summed E-state index contributed by atoms with van der Waals surface area (Å²) >= 11 is 0. The molecular formula is C13H22N2O. The summed E-state index contributed by atoms with van der Waals surface area (Å²) in [5, 5.41) is 0. The monoisotopic (exact) mass is 222 g/mol. The van der Waals surface area contributed by atoms with Crippen molar-refractivity contribution < 1.29 is 4.74 Å². The Hall–Kier alpha value is -1.06. The molecule has 3 heteroatoms. The molecule has 0 saturated heterocycles. The summed E-state index contributed by atoms with van der Waals surface area (Å²) in [5.74, 6) is 1.30. The van der Waals surface area contributed by atoms with Crippen molar-refractivity contribution in [3.8, 4) is 5.75 Å². The van der Waals surface area contributed by atoms with Gasteiger partial charge in [-0.1, -0.05) is 6.07 Å². The predicted molar refractivity (Wildman–Crippen MR) is 67.7 cm³/mol. The molecule has 0 atom stereocenters. The van der Waals surface area contributed by atoms with E-state index in [0.29, 0.717) is 25.6 Å². The van der Waals surface area contributed by atoms with Crippen LogP contribution in [-0.4, -0.2) is 19.7 Å². The number of ether oxygens (including phenoxy) is 1. The van der Waals surface area contributed by atoms with Crippen LogP contribution in [0.3, 0.4) is 0 Å². The Balaban J connectivity index is 2.74. The van der Waals surface area contributed by atoms with Crippen LogP contribution < -0.4 is 16.2 Å². The maximum absolute atomic E-state index is 5.65. The van der Waals surface area contributed by atoms with E-state index >= 15 is 0 Å². The zero-order valence-electron chi connectivity index (χ0n) is 10.2. The quantitative estimate of drug-likeness (QED) is 0.766. The van der Waals surface area contributed by atoms with Crippen molar-refractivity contribution in [3.05, 3.63) is 29.3 Å². The number of rotatable bonds is 6. The van der Waals surface area contributed by atoms with Gasteiger partial charge in [0.1, 0.15) is 5.75 Å². The maximum Gasteiger partial charge on any atom is 0.119 e. The molecule has 0 radical (unpaired) electrons. The van der Waals surface area contributed by atoms with E-state index in [1.165, 1.54) is 11.1 Å². The van der Waals surface area contributed by atoms with Crippen LogP contribution in [0.1, 0.15) is 18.1 Å². The van der Waals surface area contributed by atoms with Crippen LogP contribution in [0, 0.1) is 12.8 Å². The van der Waals surface area contributed by atoms with Gasteiger partial charge in [0, 0.05) is 0 Å². The van der Waals surface area contributed by atoms with E-state index in [-0.39, 0.29) is 0 Å². The molecule has 3 nitrogen and oxygen atoms in total. The Morgan fingerprint density at radius 3 is 2.44 bits per heavy atom. The number of benzene rings is 1. The van der Waals surface area contributed by atoms with Crippen LogP contribution in [0.25, 0.3) is 0 Å². The molecule has 0 fully saturated rings. The highest BCUT2D eigenvalue weighted by Crippen LogP contribution is 2.19. The van der Waals surface area contributed by atoms with Gasteiger partial charge >= 0.3 is 0 Å². The van der Waals surface area contributed by atoms with Crippen LogP contribution in [-0.2, 0) is 6.42 Å². The molecule has 0 amide bonds. The first-order valence-electron chi connectivity index (χ1n) is 5.83. The van der Waals surface area contributed by atoms with E-state index in [4.69, 9.17) is 16.2 Å². The maximum atomic E-state index is 5.65. The first-order valence-corrected chi connectivity index (χ1v) is 5.83. The third-order valence-corrected chi connectivity index (χ3v) is 2.80. The minimum absolute atomic E-state index is 0.372. The van der Waals surface area contributed by atoms with Gasteiger partial charge in [0.2, 0.25) is 0 Å². The Labute approximate surface area is 97.8 Å². The Morgan fingerprint density at radius 1 is 1.25 bits per heavy atom. The number of nitrogens with two attached hydrogens (primary N) is 2. The topological polar surface area (TPSA) is 61.3 Å². The fraction of sp³-hybridized carbons (Fsp3) is 0.538. The summed E-state index contributed by atoms with van der Waals surface area (Å²) < 4.78 is 5.45. The zero-order valence-corrected chi connectivity index (χ0v) is 10.2. The first-order chi connectivity index (χ1) is 7.71. The van der Waals surface area contributed by atoms with Crippen molar-refractivity contribution in [2.75, 3.05) is 19.7 Å². The van der Waals surface area contributed by atoms with Crippen molar-refractivity contribution in [2.45, 2.75) is 20.3 Å². The van der Waals surface area contributed by atoms with Gasteiger partial charge in [0.25, 0.3) is 0 Å². The molecule has 0 aliphatic carbocycles. The van der Waals surface area contributed by atoms with Crippen LogP contribution in [0.15, 0.2) is 18.2 Å². The number of hydrogen-bond donors (Lipinski definition) is 2. The van der Waals surface area contributed by atoms with E-state index in [0.717, 1.165) is 12.2 Å². The molecule has 1 aromatic carbocycles. The molecule has 0 aliphatic heterocycles. The lowest BCUT2D eigenvalue weighted by molar-refractivity contribution is 0.340. The average Bonchev–Trinajstić information content (AvgIpc) is 2.29. The van der Waals surface area contributed by atoms with Gasteiger partial charge < -0.3 is 16.2 Å². The summed E-state index contributed by atoms with van der Waals surface area (Å²) in [5.41, 5.74) is 13.9. The SMILES string of the molecule is CCOc1ccc(CC(CN)CN)c(C)c1. The lowest BCUT2D eigenvalue weighted by Gasteiger charge is -2.14. The average molecular weight is 222 g/mol. The Morgan fingerprint density at radius 2 is 1.94 bits per heavy atom. The minimum Gasteiger partial charge on any atom is -0.494 e. The zero-order chi connectivity index (χ0) is 12.0. The van der Waals surface area contributed by atoms with Gasteiger partial charge in [-0.15, -0.1) is 0 Å². The molecule has 0 saturated carbocycles. The molecule has 0 unspecified atom stereocenters. The highest BCUT2D eigenvalue weighted by molar-refractivity contribution is 5.35. The molecule has 4 N–H and O–H groups in total. The van der Waals surface area contributed by atoms with E-state index in [9.17, 15) is 0 Å². The molecular weight excluding hydrogens is 200 g/mol. The van der Waals surface area contributed by atoms with E-state index in [2.05, 4.69) is 19.1 Å². The van der Waals surface area contributed by atoms with Crippen molar-refractivity contribution in [1.29, 1.82) is 0 Å². The fourth-order valence-electron chi connectivity index (χ4n) is 1.73. The van der Waals surface area contributed by atoms with Crippen LogP contribution in [0.4, 0.5) is 0 Å². The van der Waals surface area contributed by atoms with Crippen molar-refractivity contribution in [3.63, 3.8) is 0 Å². The molecule has 0 bridgehead atoms. The van der Waals surface area contributed by atoms with Crippen LogP contribution in [0.5, 0.6) is 5.75 Å². The van der Waals surface area contributed by atoms with E-state index in [1.54, 1.807) is 0 Å². The molecule has 1 aromatic rings. The molecule has 16 heavy (non-hydrogen) atoms. The molecule has 1 rings (SSSR count). The second-order valence-electron chi connectivity index (χ2n) is 4.06. The second kappa shape index (κ2) is 6.51. The standard InChI is InChI=1S/C13H22N2O/c1-3-16-13-5-4-12(10(2)6-13)7-11(8-14)9-15/h4-6,11H,3,7-9,14-15H2,1-2H3. The van der Waals surface area contributed by atoms with Gasteiger partial charge in [-0.25, -0.2) is 0 Å². The van der Waals surface area contributed by atoms with Crippen molar-refractivity contribution in [2.24, 2.45) is 17.4 Å². The summed E-state index contributed by atoms with van der Waals surface area (Å²) in [6.45, 7) is 6.07. The highest BCUT2D eigenvalue weighted by Gasteiger charge is 2.08. The lowest BCUT2D eigenvalue weighted by Crippen LogP contribution is -2.25. The first kappa shape index (κ1) is 13.0. The van der Waals surface area contributed by atoms with Gasteiger partial charge in [-0.2, -0.15) is 0 Å². The minimum atomic E-state index is 0.372. The normalized spacial score (nSPS) is 10.8. The third kappa shape index (κ3) is 3.51. The number of hydrogen-bond acceptors (Lipinski definition) is 3. The van der Waals surface area contributed by atoms with Gasteiger partial charge in [-0.3, -0.25) is 0 Å². The largest absolute Gasteiger partial charge is 0.494 e. The summed E-state index contributed by atoms with van der Waals surface area (Å²) in [4.78, 5) is 0. The number of aryl methyl sites for hydroxylation is 1. The van der Waals surface area contributed by atoms with E-state index in [1.807, 2.05) is 13.0 Å². The molecule has 90 valence electrons. The van der Waals surface area contributed by atoms with Crippen molar-refractivity contribution >= 4 is 0 Å². The highest BCUT2D eigenvalue weighted by atomic mass is 16.5. The predicted octanol–water partition coefficient (Wildman–Crippen LogP) is 1.47. The summed E-state index contributed by atoms with van der Waals surface area (Å²) in [6.07, 6.45) is 0.950.